The van der Waals surface area contributed by atoms with Crippen molar-refractivity contribution in [2.45, 2.75) is 30.7 Å². The lowest BCUT2D eigenvalue weighted by Crippen LogP contribution is -2.60. The number of benzene rings is 2. The number of ether oxygens (including phenoxy) is 2. The smallest absolute Gasteiger partial charge is 0.402 e. The molecule has 33 heavy (non-hydrogen) atoms. The summed E-state index contributed by atoms with van der Waals surface area (Å²) in [5.74, 6) is -3.32. The highest BCUT2D eigenvalue weighted by atomic mass is 16.7. The topological polar surface area (TPSA) is 212 Å². The fourth-order valence-corrected chi connectivity index (χ4v) is 3.50. The van der Waals surface area contributed by atoms with Crippen molar-refractivity contribution in [2.24, 2.45) is 0 Å². The van der Waals surface area contributed by atoms with Crippen molar-refractivity contribution in [3.63, 3.8) is 0 Å². The highest BCUT2D eigenvalue weighted by Gasteiger charge is 2.45. The second-order valence-electron chi connectivity index (χ2n) is 7.49. The van der Waals surface area contributed by atoms with Gasteiger partial charge in [0.25, 0.3) is 0 Å². The minimum Gasteiger partial charge on any atom is -0.507 e. The molecule has 9 N–H and O–H groups in total. The first-order chi connectivity index (χ1) is 15.6. The summed E-state index contributed by atoms with van der Waals surface area (Å²) in [6.45, 7) is -0.695. The fraction of sp³-hybridized carbons (Fsp3) is 0.286. The van der Waals surface area contributed by atoms with Crippen LogP contribution in [0.1, 0.15) is 0 Å². The van der Waals surface area contributed by atoms with Crippen molar-refractivity contribution in [1.82, 2.24) is 0 Å². The number of hydrogen-bond donors (Lipinski definition) is 9. The van der Waals surface area contributed by atoms with E-state index in [4.69, 9.17) is 13.9 Å². The lowest BCUT2D eigenvalue weighted by molar-refractivity contribution is -0.277. The summed E-state index contributed by atoms with van der Waals surface area (Å²) >= 11 is 0. The highest BCUT2D eigenvalue weighted by molar-refractivity contribution is 5.88. The van der Waals surface area contributed by atoms with Crippen molar-refractivity contribution in [3.8, 4) is 45.8 Å². The summed E-state index contributed by atoms with van der Waals surface area (Å²) in [5.41, 5.74) is -0.0529. The predicted molar refractivity (Wildman–Crippen MR) is 109 cm³/mol. The Balaban J connectivity index is 1.86. The van der Waals surface area contributed by atoms with Gasteiger partial charge in [0.1, 0.15) is 41.3 Å². The number of aromatic hydroxyl groups is 5. The van der Waals surface area contributed by atoms with E-state index in [1.165, 1.54) is 12.1 Å². The van der Waals surface area contributed by atoms with Crippen molar-refractivity contribution in [2.75, 3.05) is 6.61 Å². The molecule has 1 aromatic heterocycles. The number of phenols is 5. The van der Waals surface area contributed by atoms with Crippen LogP contribution < -0.4 is 4.74 Å². The Morgan fingerprint density at radius 1 is 0.818 bits per heavy atom. The number of phenolic OH excluding ortho intramolecular Hbond substituents is 5. The van der Waals surface area contributed by atoms with E-state index in [9.17, 15) is 46.0 Å². The van der Waals surface area contributed by atoms with Crippen LogP contribution in [-0.2, 0) is 4.74 Å². The quantitative estimate of drug-likeness (QED) is 0.185. The zero-order valence-electron chi connectivity index (χ0n) is 16.7. The first kappa shape index (κ1) is 22.6. The van der Waals surface area contributed by atoms with Crippen LogP contribution in [0.15, 0.2) is 34.7 Å². The Hall–Kier alpha value is -3.55. The Bertz CT molecular complexity index is 1170. The Morgan fingerprint density at radius 3 is 2.12 bits per heavy atom. The van der Waals surface area contributed by atoms with Crippen molar-refractivity contribution in [1.29, 1.82) is 0 Å². The highest BCUT2D eigenvalue weighted by Crippen LogP contribution is 2.44. The maximum absolute atomic E-state index is 10.3. The van der Waals surface area contributed by atoms with E-state index in [1.807, 2.05) is 0 Å². The molecule has 2 aromatic carbocycles. The number of hydrogen-bond acceptors (Lipinski definition) is 11. The van der Waals surface area contributed by atoms with E-state index in [0.717, 1.165) is 18.2 Å². The molecule has 1 aliphatic rings. The van der Waals surface area contributed by atoms with Crippen molar-refractivity contribution in [3.05, 3.63) is 30.3 Å². The third-order valence-electron chi connectivity index (χ3n) is 5.24. The van der Waals surface area contributed by atoms with Gasteiger partial charge in [-0.2, -0.15) is 0 Å². The molecule has 12 heteroatoms. The summed E-state index contributed by atoms with van der Waals surface area (Å²) in [4.78, 5) is 0. The van der Waals surface area contributed by atoms with Crippen LogP contribution in [-0.4, -0.2) is 83.3 Å². The number of rotatable bonds is 4. The van der Waals surface area contributed by atoms with Crippen LogP contribution >= 0.6 is 0 Å². The Labute approximate surface area is 185 Å². The SMILES string of the molecule is OCC1O[C@@H](Oc2cc3c(O)cc(O)cc3[o+]c2-c2cc(O)c(O)c(O)c2)C(O)C(O)[C@@H]1O. The lowest BCUT2D eigenvalue weighted by atomic mass is 9.99. The molecule has 0 aliphatic carbocycles. The van der Waals surface area contributed by atoms with E-state index in [0.29, 0.717) is 0 Å². The average molecular weight is 465 g/mol. The molecule has 0 radical (unpaired) electrons. The van der Waals surface area contributed by atoms with Crippen LogP contribution in [0.5, 0.6) is 34.5 Å². The molecule has 3 aromatic rings. The minimum absolute atomic E-state index is 0.0212. The molecule has 0 spiro atoms. The second-order valence-corrected chi connectivity index (χ2v) is 7.49. The fourth-order valence-electron chi connectivity index (χ4n) is 3.50. The Morgan fingerprint density at radius 2 is 1.48 bits per heavy atom. The van der Waals surface area contributed by atoms with Gasteiger partial charge in [-0.05, 0) is 0 Å². The molecular formula is C21H21O12+. The molecule has 4 rings (SSSR count). The third-order valence-corrected chi connectivity index (χ3v) is 5.24. The zero-order chi connectivity index (χ0) is 24.0. The van der Waals surface area contributed by atoms with Crippen LogP contribution in [0.2, 0.25) is 0 Å². The van der Waals surface area contributed by atoms with Gasteiger partial charge in [0, 0.05) is 24.3 Å². The summed E-state index contributed by atoms with van der Waals surface area (Å²) in [5, 5.41) is 89.2. The number of aliphatic hydroxyl groups excluding tert-OH is 4. The van der Waals surface area contributed by atoms with E-state index >= 15 is 0 Å². The average Bonchev–Trinajstić information content (AvgIpc) is 2.77. The summed E-state index contributed by atoms with van der Waals surface area (Å²) < 4.78 is 16.7. The van der Waals surface area contributed by atoms with Gasteiger partial charge in [0.15, 0.2) is 17.2 Å². The maximum atomic E-state index is 10.3. The molecule has 176 valence electrons. The summed E-state index contributed by atoms with van der Waals surface area (Å²) in [6, 6.07) is 5.51. The first-order valence-corrected chi connectivity index (χ1v) is 9.66. The predicted octanol–water partition coefficient (Wildman–Crippen LogP) is 0.0876. The molecule has 1 aliphatic heterocycles. The van der Waals surface area contributed by atoms with Gasteiger partial charge < -0.3 is 55.4 Å². The maximum Gasteiger partial charge on any atom is 0.402 e. The lowest BCUT2D eigenvalue weighted by Gasteiger charge is -2.39. The molecular weight excluding hydrogens is 444 g/mol. The number of aliphatic hydroxyl groups is 4. The minimum atomic E-state index is -1.76. The van der Waals surface area contributed by atoms with E-state index < -0.39 is 60.3 Å². The van der Waals surface area contributed by atoms with E-state index in [1.54, 1.807) is 0 Å². The van der Waals surface area contributed by atoms with E-state index in [-0.39, 0.29) is 33.8 Å². The summed E-state index contributed by atoms with van der Waals surface area (Å²) in [6.07, 6.45) is -7.99. The van der Waals surface area contributed by atoms with Crippen LogP contribution in [0, 0.1) is 0 Å². The standard InChI is InChI=1S/C21H20O12/c22-6-15-17(28)18(29)19(30)21(33-15)32-14-5-9-10(24)3-8(23)4-13(9)31-20(14)7-1-11(25)16(27)12(26)2-7/h1-5,15,17-19,21-22,28-30H,6H2,(H4-,23,24,25,26,27)/p+1/t15?,17-,18?,19?,21-/m1/s1. The largest absolute Gasteiger partial charge is 0.507 e. The molecule has 0 amide bonds. The van der Waals surface area contributed by atoms with Gasteiger partial charge in [-0.3, -0.25) is 0 Å². The van der Waals surface area contributed by atoms with Crippen LogP contribution in [0.4, 0.5) is 0 Å². The van der Waals surface area contributed by atoms with Crippen LogP contribution in [0.3, 0.4) is 0 Å². The third kappa shape index (κ3) is 4.01. The number of fused-ring (bicyclic) bond motifs is 1. The molecule has 0 saturated carbocycles. The van der Waals surface area contributed by atoms with Gasteiger partial charge >= 0.3 is 11.3 Å². The van der Waals surface area contributed by atoms with Gasteiger partial charge in [-0.1, -0.05) is 0 Å². The monoisotopic (exact) mass is 465 g/mol. The molecule has 0 bridgehead atoms. The molecule has 3 unspecified atom stereocenters. The van der Waals surface area contributed by atoms with E-state index in [2.05, 4.69) is 0 Å². The normalized spacial score (nSPS) is 25.3. The van der Waals surface area contributed by atoms with Gasteiger partial charge in [-0.15, -0.1) is 0 Å². The molecule has 1 saturated heterocycles. The molecule has 12 nitrogen and oxygen atoms in total. The van der Waals surface area contributed by atoms with Gasteiger partial charge in [0.05, 0.1) is 18.2 Å². The van der Waals surface area contributed by atoms with Crippen LogP contribution in [0.25, 0.3) is 22.3 Å². The zero-order valence-corrected chi connectivity index (χ0v) is 16.7. The Kier molecular flexibility index (Phi) is 5.78. The molecule has 5 atom stereocenters. The molecule has 1 fully saturated rings. The second kappa shape index (κ2) is 8.42. The molecule has 2 heterocycles. The van der Waals surface area contributed by atoms with Gasteiger partial charge in [0.2, 0.25) is 12.0 Å². The van der Waals surface area contributed by atoms with Crippen molar-refractivity contribution < 1.29 is 59.8 Å². The van der Waals surface area contributed by atoms with Crippen molar-refractivity contribution >= 4 is 11.0 Å². The summed E-state index contributed by atoms with van der Waals surface area (Å²) in [7, 11) is 0. The first-order valence-electron chi connectivity index (χ1n) is 9.66. The van der Waals surface area contributed by atoms with Gasteiger partial charge in [-0.25, -0.2) is 4.42 Å².